The number of hydrogen-bond donors (Lipinski definition) is 1. The number of anilines is 1. The van der Waals surface area contributed by atoms with Crippen LogP contribution in [-0.2, 0) is 11.3 Å². The van der Waals surface area contributed by atoms with Gasteiger partial charge in [0.2, 0.25) is 5.91 Å². The number of halogens is 1. The van der Waals surface area contributed by atoms with E-state index in [1.54, 1.807) is 6.07 Å². The molecule has 0 bridgehead atoms. The maximum Gasteiger partial charge on any atom is 0.225 e. The van der Waals surface area contributed by atoms with Gasteiger partial charge in [0.15, 0.2) is 0 Å². The zero-order chi connectivity index (χ0) is 17.6. The van der Waals surface area contributed by atoms with Crippen molar-refractivity contribution >= 4 is 23.2 Å². The number of benzene rings is 2. The second kappa shape index (κ2) is 8.50. The largest absolute Gasteiger partial charge is 0.325 e. The number of nitrogens with one attached hydrogen (secondary N) is 1. The Morgan fingerprint density at radius 1 is 1.16 bits per heavy atom. The van der Waals surface area contributed by atoms with Gasteiger partial charge in [0.25, 0.3) is 0 Å². The highest BCUT2D eigenvalue weighted by Crippen LogP contribution is 2.35. The van der Waals surface area contributed by atoms with Crippen molar-refractivity contribution in [3.05, 3.63) is 65.2 Å². The predicted molar refractivity (Wildman–Crippen MR) is 104 cm³/mol. The summed E-state index contributed by atoms with van der Waals surface area (Å²) in [4.78, 5) is 14.8. The number of carbonyl (C=O) groups is 1. The van der Waals surface area contributed by atoms with Crippen molar-refractivity contribution in [2.75, 3.05) is 11.9 Å². The normalized spacial score (nSPS) is 15.2. The second-order valence-electron chi connectivity index (χ2n) is 6.81. The topological polar surface area (TPSA) is 32.3 Å². The summed E-state index contributed by atoms with van der Waals surface area (Å²) in [6.45, 7) is 3.92. The standard InChI is InChI=1S/C21H25ClN2O/c1-16(18-11-12-18)24(15-17-7-3-2-4-8-17)14-13-21(25)23-20-10-6-5-9-19(20)22/h2-10,16,18H,11-15H2,1H3,(H,23,25). The van der Waals surface area contributed by atoms with E-state index in [0.29, 0.717) is 23.2 Å². The molecule has 0 aliphatic heterocycles. The fraction of sp³-hybridized carbons (Fsp3) is 0.381. The van der Waals surface area contributed by atoms with Crippen molar-refractivity contribution < 1.29 is 4.79 Å². The van der Waals surface area contributed by atoms with E-state index in [0.717, 1.165) is 19.0 Å². The van der Waals surface area contributed by atoms with Gasteiger partial charge in [-0.25, -0.2) is 0 Å². The molecular weight excluding hydrogens is 332 g/mol. The number of amides is 1. The third-order valence-electron chi connectivity index (χ3n) is 4.88. The highest BCUT2D eigenvalue weighted by atomic mass is 35.5. The van der Waals surface area contributed by atoms with Gasteiger partial charge in [0.1, 0.15) is 0 Å². The molecule has 1 N–H and O–H groups in total. The molecule has 0 heterocycles. The Kier molecular flexibility index (Phi) is 6.11. The van der Waals surface area contributed by atoms with Crippen LogP contribution < -0.4 is 5.32 Å². The summed E-state index contributed by atoms with van der Waals surface area (Å²) in [6, 6.07) is 18.3. The second-order valence-corrected chi connectivity index (χ2v) is 7.22. The van der Waals surface area contributed by atoms with E-state index in [1.807, 2.05) is 24.3 Å². The monoisotopic (exact) mass is 356 g/mol. The summed E-state index contributed by atoms with van der Waals surface area (Å²) in [5, 5.41) is 3.49. The van der Waals surface area contributed by atoms with E-state index in [1.165, 1.54) is 18.4 Å². The van der Waals surface area contributed by atoms with Crippen molar-refractivity contribution in [1.29, 1.82) is 0 Å². The molecule has 0 saturated heterocycles. The van der Waals surface area contributed by atoms with E-state index in [-0.39, 0.29) is 5.91 Å². The van der Waals surface area contributed by atoms with Gasteiger partial charge >= 0.3 is 0 Å². The molecular formula is C21H25ClN2O. The van der Waals surface area contributed by atoms with Gasteiger partial charge in [0, 0.05) is 25.6 Å². The van der Waals surface area contributed by atoms with Crippen molar-refractivity contribution in [3.8, 4) is 0 Å². The molecule has 0 spiro atoms. The molecule has 2 aromatic carbocycles. The van der Waals surface area contributed by atoms with Crippen LogP contribution in [0.3, 0.4) is 0 Å². The maximum atomic E-state index is 12.3. The molecule has 2 aromatic rings. The van der Waals surface area contributed by atoms with Gasteiger partial charge in [-0.15, -0.1) is 0 Å². The predicted octanol–water partition coefficient (Wildman–Crippen LogP) is 4.97. The summed E-state index contributed by atoms with van der Waals surface area (Å²) in [6.07, 6.45) is 3.08. The molecule has 1 saturated carbocycles. The molecule has 1 unspecified atom stereocenters. The quantitative estimate of drug-likeness (QED) is 0.724. The molecule has 3 nitrogen and oxygen atoms in total. The Balaban J connectivity index is 1.58. The molecule has 1 aliphatic rings. The first kappa shape index (κ1) is 18.0. The lowest BCUT2D eigenvalue weighted by Crippen LogP contribution is -2.36. The van der Waals surface area contributed by atoms with Crippen LogP contribution in [0.25, 0.3) is 0 Å². The van der Waals surface area contributed by atoms with E-state index in [4.69, 9.17) is 11.6 Å². The van der Waals surface area contributed by atoms with Crippen molar-refractivity contribution in [3.63, 3.8) is 0 Å². The van der Waals surface area contributed by atoms with Gasteiger partial charge in [0.05, 0.1) is 10.7 Å². The van der Waals surface area contributed by atoms with E-state index < -0.39 is 0 Å². The summed E-state index contributed by atoms with van der Waals surface area (Å²) in [5.74, 6) is 0.782. The van der Waals surface area contributed by atoms with Crippen LogP contribution >= 0.6 is 11.6 Å². The van der Waals surface area contributed by atoms with Crippen molar-refractivity contribution in [1.82, 2.24) is 4.90 Å². The SMILES string of the molecule is CC(C1CC1)N(CCC(=O)Nc1ccccc1Cl)Cc1ccccc1. The Labute approximate surface area is 155 Å². The summed E-state index contributed by atoms with van der Waals surface area (Å²) in [7, 11) is 0. The van der Waals surface area contributed by atoms with Crippen LogP contribution in [0.4, 0.5) is 5.69 Å². The number of nitrogens with zero attached hydrogens (tertiary/aromatic N) is 1. The Bertz CT molecular complexity index is 700. The summed E-state index contributed by atoms with van der Waals surface area (Å²) < 4.78 is 0. The molecule has 0 radical (unpaired) electrons. The Hall–Kier alpha value is -1.84. The first-order chi connectivity index (χ1) is 12.1. The zero-order valence-corrected chi connectivity index (χ0v) is 15.4. The first-order valence-electron chi connectivity index (χ1n) is 8.96. The van der Waals surface area contributed by atoms with Crippen LogP contribution in [0.5, 0.6) is 0 Å². The summed E-state index contributed by atoms with van der Waals surface area (Å²) in [5.41, 5.74) is 1.97. The molecule has 3 rings (SSSR count). The highest BCUT2D eigenvalue weighted by molar-refractivity contribution is 6.33. The number of rotatable bonds is 8. The van der Waals surface area contributed by atoms with E-state index >= 15 is 0 Å². The fourth-order valence-corrected chi connectivity index (χ4v) is 3.32. The minimum atomic E-state index is 0.00848. The van der Waals surface area contributed by atoms with Gasteiger partial charge in [-0.3, -0.25) is 9.69 Å². The smallest absolute Gasteiger partial charge is 0.225 e. The average Bonchev–Trinajstić information content (AvgIpc) is 3.46. The fourth-order valence-electron chi connectivity index (χ4n) is 3.14. The van der Waals surface area contributed by atoms with Gasteiger partial charge in [-0.2, -0.15) is 0 Å². The van der Waals surface area contributed by atoms with Crippen molar-refractivity contribution in [2.45, 2.75) is 38.8 Å². The Morgan fingerprint density at radius 3 is 2.52 bits per heavy atom. The van der Waals surface area contributed by atoms with Crippen LogP contribution in [0.2, 0.25) is 5.02 Å². The minimum Gasteiger partial charge on any atom is -0.325 e. The first-order valence-corrected chi connectivity index (χ1v) is 9.33. The zero-order valence-electron chi connectivity index (χ0n) is 14.6. The molecule has 0 aromatic heterocycles. The molecule has 1 atom stereocenters. The molecule has 1 amide bonds. The van der Waals surface area contributed by atoms with Crippen LogP contribution in [-0.4, -0.2) is 23.4 Å². The minimum absolute atomic E-state index is 0.00848. The third kappa shape index (κ3) is 5.32. The number of carbonyl (C=O) groups excluding carboxylic acids is 1. The number of para-hydroxylation sites is 1. The summed E-state index contributed by atoms with van der Waals surface area (Å²) >= 11 is 6.11. The number of hydrogen-bond acceptors (Lipinski definition) is 2. The molecule has 132 valence electrons. The van der Waals surface area contributed by atoms with Crippen LogP contribution in [0.1, 0.15) is 31.7 Å². The van der Waals surface area contributed by atoms with Crippen LogP contribution in [0.15, 0.2) is 54.6 Å². The molecule has 25 heavy (non-hydrogen) atoms. The highest BCUT2D eigenvalue weighted by Gasteiger charge is 2.32. The van der Waals surface area contributed by atoms with E-state index in [9.17, 15) is 4.79 Å². The maximum absolute atomic E-state index is 12.3. The lowest BCUT2D eigenvalue weighted by Gasteiger charge is -2.29. The lowest BCUT2D eigenvalue weighted by atomic mass is 10.1. The van der Waals surface area contributed by atoms with Gasteiger partial charge in [-0.1, -0.05) is 54.1 Å². The molecule has 1 aliphatic carbocycles. The van der Waals surface area contributed by atoms with E-state index in [2.05, 4.69) is 41.4 Å². The lowest BCUT2D eigenvalue weighted by molar-refractivity contribution is -0.116. The Morgan fingerprint density at radius 2 is 1.84 bits per heavy atom. The molecule has 1 fully saturated rings. The van der Waals surface area contributed by atoms with Crippen LogP contribution in [0, 0.1) is 5.92 Å². The average molecular weight is 357 g/mol. The van der Waals surface area contributed by atoms with Gasteiger partial charge < -0.3 is 5.32 Å². The third-order valence-corrected chi connectivity index (χ3v) is 5.21. The van der Waals surface area contributed by atoms with Gasteiger partial charge in [-0.05, 0) is 43.4 Å². The molecule has 4 heteroatoms. The van der Waals surface area contributed by atoms with Crippen molar-refractivity contribution in [2.24, 2.45) is 5.92 Å².